The van der Waals surface area contributed by atoms with E-state index in [9.17, 15) is 33.6 Å². The van der Waals surface area contributed by atoms with E-state index in [-0.39, 0.29) is 52.3 Å². The number of carbonyl (C=O) groups is 4. The van der Waals surface area contributed by atoms with Crippen LogP contribution in [0, 0.1) is 0 Å². The summed E-state index contributed by atoms with van der Waals surface area (Å²) in [6.45, 7) is 12.3. The van der Waals surface area contributed by atoms with Crippen LogP contribution in [0.3, 0.4) is 0 Å². The predicted molar refractivity (Wildman–Crippen MR) is 427 cm³/mol. The number of rotatable bonds is 22. The summed E-state index contributed by atoms with van der Waals surface area (Å²) >= 11 is 0. The van der Waals surface area contributed by atoms with Crippen molar-refractivity contribution in [3.05, 3.63) is 235 Å². The van der Waals surface area contributed by atoms with E-state index in [0.29, 0.717) is 70.7 Å². The molecule has 0 fully saturated rings. The lowest BCUT2D eigenvalue weighted by Gasteiger charge is -2.14. The smallest absolute Gasteiger partial charge is 0.337 e. The molecule has 30 nitrogen and oxygen atoms in total. The molecule has 6 aromatic heterocycles. The molecule has 0 unspecified atom stereocenters. The minimum absolute atomic E-state index is 0. The summed E-state index contributed by atoms with van der Waals surface area (Å²) in [5.41, 5.74) is 19.5. The Morgan fingerprint density at radius 1 is 0.486 bits per heavy atom. The number of ether oxygens (including phenoxy) is 4. The molecule has 0 bridgehead atoms. The van der Waals surface area contributed by atoms with E-state index in [1.807, 2.05) is 130 Å². The second-order valence-electron chi connectivity index (χ2n) is 24.0. The number of nitrogens with zero attached hydrogens (tertiary/aromatic N) is 11. The maximum atomic E-state index is 12.9. The lowest BCUT2D eigenvalue weighted by molar-refractivity contribution is -0.107. The van der Waals surface area contributed by atoms with Gasteiger partial charge >= 0.3 is 17.9 Å². The molecule has 14 aromatic rings. The molecule has 0 spiro atoms. The van der Waals surface area contributed by atoms with Crippen molar-refractivity contribution in [3.8, 4) is 79.0 Å². The van der Waals surface area contributed by atoms with Crippen molar-refractivity contribution in [2.24, 2.45) is 0 Å². The number of esters is 2. The monoisotopic (exact) mass is 1500 g/mol. The van der Waals surface area contributed by atoms with Crippen molar-refractivity contribution in [3.63, 3.8) is 0 Å². The van der Waals surface area contributed by atoms with E-state index in [2.05, 4.69) is 85.4 Å². The lowest BCUT2D eigenvalue weighted by atomic mass is 9.99. The molecular weight excluding hydrogens is 1420 g/mol. The number of hydrogen-bond donors (Lipinski definition) is 8. The van der Waals surface area contributed by atoms with Crippen molar-refractivity contribution >= 4 is 74.7 Å². The van der Waals surface area contributed by atoms with Crippen molar-refractivity contribution in [1.29, 1.82) is 0 Å². The topological polar surface area (TPSA) is 416 Å². The number of H-pyrrole nitrogens is 4. The van der Waals surface area contributed by atoms with E-state index in [1.54, 1.807) is 90.3 Å². The molecule has 0 aliphatic carbocycles. The largest absolute Gasteiger partial charge is 0.497 e. The highest BCUT2D eigenvalue weighted by Crippen LogP contribution is 2.35. The number of nitrogens with two attached hydrogens (primary N) is 1. The Kier molecular flexibility index (Phi) is 27.9. The molecule has 0 aliphatic heterocycles. The number of anilines is 3. The van der Waals surface area contributed by atoms with Crippen LogP contribution in [-0.4, -0.2) is 146 Å². The number of aromatic amines is 4. The van der Waals surface area contributed by atoms with Crippen LogP contribution in [0.1, 0.15) is 104 Å². The summed E-state index contributed by atoms with van der Waals surface area (Å²) in [7, 11) is 5.93. The van der Waals surface area contributed by atoms with Crippen LogP contribution in [0.25, 0.3) is 101 Å². The van der Waals surface area contributed by atoms with Crippen molar-refractivity contribution in [2.75, 3.05) is 57.9 Å². The molecule has 0 atom stereocenters. The van der Waals surface area contributed by atoms with Gasteiger partial charge in [0.25, 0.3) is 16.7 Å². The maximum Gasteiger partial charge on any atom is 0.337 e. The van der Waals surface area contributed by atoms with Gasteiger partial charge in [0, 0.05) is 70.0 Å². The number of hydrogen-bond acceptors (Lipinski definition) is 23. The van der Waals surface area contributed by atoms with Gasteiger partial charge in [0.1, 0.15) is 35.3 Å². The fourth-order valence-corrected chi connectivity index (χ4v) is 11.2. The Balaban J connectivity index is 0.000000185. The predicted octanol–water partition coefficient (Wildman–Crippen LogP) is 12.9. The van der Waals surface area contributed by atoms with Crippen LogP contribution < -0.4 is 42.5 Å². The number of methoxy groups -OCH3 is 4. The molecule has 9 N–H and O–H groups in total. The van der Waals surface area contributed by atoms with Crippen molar-refractivity contribution in [2.45, 2.75) is 74.4 Å². The van der Waals surface area contributed by atoms with Gasteiger partial charge in [0.15, 0.2) is 27.8 Å². The number of aromatic nitrogens is 15. The van der Waals surface area contributed by atoms with Crippen LogP contribution in [0.5, 0.6) is 11.5 Å². The van der Waals surface area contributed by atoms with Gasteiger partial charge in [-0.3, -0.25) is 14.4 Å². The third-order valence-corrected chi connectivity index (χ3v) is 16.8. The number of aromatic carboxylic acids is 1. The first-order valence-corrected chi connectivity index (χ1v) is 35.0. The molecule has 6 heterocycles. The Morgan fingerprint density at radius 2 is 0.856 bits per heavy atom. The number of nitrogen functional groups attached to an aromatic ring is 1. The summed E-state index contributed by atoms with van der Waals surface area (Å²) in [6, 6.07) is 52.9. The molecule has 30 heteroatoms. The Hall–Kier alpha value is -14.3. The minimum atomic E-state index is -0.963. The van der Waals surface area contributed by atoms with Crippen LogP contribution in [0.2, 0.25) is 0 Å². The average Bonchev–Trinajstić information content (AvgIpc) is 1.77. The van der Waals surface area contributed by atoms with Crippen LogP contribution in [0.4, 0.5) is 17.1 Å². The molecule has 14 rings (SSSR count). The van der Waals surface area contributed by atoms with Gasteiger partial charge in [-0.15, -0.1) is 20.4 Å². The highest BCUT2D eigenvalue weighted by Gasteiger charge is 2.20. The Morgan fingerprint density at radius 3 is 1.23 bits per heavy atom. The van der Waals surface area contributed by atoms with Gasteiger partial charge < -0.3 is 60.2 Å². The number of carboxylic acids is 1. The summed E-state index contributed by atoms with van der Waals surface area (Å²) < 4.78 is 23.2. The third-order valence-electron chi connectivity index (χ3n) is 16.8. The average molecular weight is 1500 g/mol. The number of carbonyl (C=O) groups excluding carboxylic acids is 3. The highest BCUT2D eigenvalue weighted by atomic mass is 16.5. The normalized spacial score (nSPS) is 10.5. The Bertz CT molecular complexity index is 5720. The number of carboxylic acid groups (broad SMARTS) is 1. The zero-order valence-corrected chi connectivity index (χ0v) is 61.7. The zero-order valence-electron chi connectivity index (χ0n) is 61.7. The second kappa shape index (κ2) is 38.3. The number of aldehydes is 1. The van der Waals surface area contributed by atoms with Gasteiger partial charge in [-0.25, -0.2) is 38.7 Å². The second-order valence-corrected chi connectivity index (χ2v) is 24.0. The van der Waals surface area contributed by atoms with Crippen molar-refractivity contribution in [1.82, 2.24) is 75.3 Å². The fraction of sp³-hybridized carbons (Fsp3) is 0.210. The summed E-state index contributed by atoms with van der Waals surface area (Å²) in [5.74, 6) is 0.915. The van der Waals surface area contributed by atoms with Crippen molar-refractivity contribution < 1.29 is 43.2 Å². The molecule has 570 valence electrons. The quantitative estimate of drug-likeness (QED) is 0.0177. The van der Waals surface area contributed by atoms with Crippen LogP contribution in [0.15, 0.2) is 190 Å². The van der Waals surface area contributed by atoms with Gasteiger partial charge in [0.2, 0.25) is 5.65 Å². The summed E-state index contributed by atoms with van der Waals surface area (Å²) in [5, 5.41) is 42.4. The third kappa shape index (κ3) is 19.5. The molecule has 0 amide bonds. The van der Waals surface area contributed by atoms with E-state index >= 15 is 0 Å². The molecular formula is C81H84N18O12. The molecule has 0 saturated carbocycles. The number of nitrogens with one attached hydrogen (secondary N) is 6. The maximum absolute atomic E-state index is 12.9. The SMILES string of the molecule is C.CC.CCC=O.CCCNc1cc(-c2nc3c(nnn3Cc3ccc(OC)cc3)c(=O)[nH]2)ccc1-c1ccc(C(=O)OC)cc1.CCCNc1cc(-c2nc3n[nH]nc3c(=O)[nH]2)ccc1-c1ccc(C(=O)O)cc1.COC(=O)c1ccc(-c2ccc(-c3nc4c(nnn4Cc4ccc(OC)cc4)c(=O)[nH]3)cc2N)cc1. The first-order chi connectivity index (χ1) is 53.4. The van der Waals surface area contributed by atoms with E-state index in [0.717, 1.165) is 111 Å². The molecule has 111 heavy (non-hydrogen) atoms. The highest BCUT2D eigenvalue weighted by molar-refractivity contribution is 5.93. The molecule has 0 aliphatic rings. The van der Waals surface area contributed by atoms with Gasteiger partial charge in [-0.1, -0.05) is 150 Å². The van der Waals surface area contributed by atoms with E-state index < -0.39 is 17.5 Å². The fourth-order valence-electron chi connectivity index (χ4n) is 11.2. The first-order valence-electron chi connectivity index (χ1n) is 35.0. The molecule has 0 saturated heterocycles. The van der Waals surface area contributed by atoms with Gasteiger partial charge in [0.05, 0.1) is 58.2 Å². The minimum Gasteiger partial charge on any atom is -0.497 e. The van der Waals surface area contributed by atoms with E-state index in [1.165, 1.54) is 14.2 Å². The lowest BCUT2D eigenvalue weighted by Crippen LogP contribution is -2.11. The van der Waals surface area contributed by atoms with E-state index in [4.69, 9.17) is 34.8 Å². The van der Waals surface area contributed by atoms with Crippen LogP contribution >= 0.6 is 0 Å². The molecule has 8 aromatic carbocycles. The zero-order chi connectivity index (χ0) is 78.4. The molecule has 0 radical (unpaired) electrons. The Labute approximate surface area is 636 Å². The number of fused-ring (bicyclic) bond motifs is 3. The van der Waals surface area contributed by atoms with Gasteiger partial charge in [-0.05, 0) is 120 Å². The first kappa shape index (κ1) is 80.8. The van der Waals surface area contributed by atoms with Gasteiger partial charge in [-0.2, -0.15) is 5.21 Å². The number of benzene rings is 8. The standard InChI is InChI=1S/C29H28N6O4.C26H22N6O4.C20H18N6O3.C3H6O.C2H6.CH4/c1-4-15-30-24-16-21(11-14-23(24)19-7-9-20(10-8-19)29(37)39-3)26-31-27-25(28(36)32-26)33-34-35(27)17-18-5-12-22(38-2)13-6-18;1-35-19-10-3-15(4-11-19)14-32-24-22(30-31-32)25(33)29-23(28-24)18-9-12-20(21(27)13-18)16-5-7-17(8-6-16)26(34)36-2;1-2-9-21-15-10-13(17-22-18-16(19(27)23-17)24-26-25-18)7-8-14(15)11-3-5-12(6-4-11)20(28)29;1-2-3-4;1-2;/h5-14,16,30H,4,15,17H2,1-3H3,(H,31,32,36);3-13H,14,27H2,1-2H3,(H,28,29,33);3-8,10,21H,2,9H2,1H3,(H,28,29)(H2,22,23,24,25,26,27);3H,2H2,1H3;1-2H3;1H4. The van der Waals surface area contributed by atoms with Crippen LogP contribution in [-0.2, 0) is 27.4 Å². The summed E-state index contributed by atoms with van der Waals surface area (Å²) in [4.78, 5) is 104. The summed E-state index contributed by atoms with van der Waals surface area (Å²) in [6.07, 6.45) is 3.38.